The van der Waals surface area contributed by atoms with Crippen LogP contribution in [0.2, 0.25) is 0 Å². The van der Waals surface area contributed by atoms with Crippen LogP contribution in [0.1, 0.15) is 10.4 Å². The smallest absolute Gasteiger partial charge is 0.335 e. The van der Waals surface area contributed by atoms with Gasteiger partial charge in [0.25, 0.3) is 0 Å². The van der Waals surface area contributed by atoms with Gasteiger partial charge in [0.15, 0.2) is 0 Å². The molecule has 0 aliphatic rings. The molecule has 0 bridgehead atoms. The molecule has 0 atom stereocenters. The summed E-state index contributed by atoms with van der Waals surface area (Å²) in [6.07, 6.45) is 0. The summed E-state index contributed by atoms with van der Waals surface area (Å²) in [5.74, 6) is -0.467. The van der Waals surface area contributed by atoms with Crippen LogP contribution < -0.4 is 4.74 Å². The van der Waals surface area contributed by atoms with E-state index >= 15 is 0 Å². The molecule has 0 spiro atoms. The van der Waals surface area contributed by atoms with Crippen LogP contribution >= 0.6 is 15.9 Å². The molecule has 0 aliphatic heterocycles. The summed E-state index contributed by atoms with van der Waals surface area (Å²) in [7, 11) is 1.58. The zero-order chi connectivity index (χ0) is 11.3. The molecular formula is C10H11BrKO4. The summed E-state index contributed by atoms with van der Waals surface area (Å²) in [5, 5.41) is 8.78. The molecule has 1 radical (unpaired) electrons. The van der Waals surface area contributed by atoms with Crippen molar-refractivity contribution in [3.63, 3.8) is 0 Å². The first kappa shape index (κ1) is 16.6. The number of carbonyl (C=O) groups is 1. The second-order valence-corrected chi connectivity index (χ2v) is 3.65. The Kier molecular flexibility index (Phi) is 8.93. The minimum Gasteiger partial charge on any atom is -0.490 e. The Morgan fingerprint density at radius 1 is 1.44 bits per heavy atom. The van der Waals surface area contributed by atoms with E-state index in [1.807, 2.05) is 0 Å². The number of methoxy groups -OCH3 is 1. The van der Waals surface area contributed by atoms with Crippen molar-refractivity contribution >= 4 is 73.3 Å². The van der Waals surface area contributed by atoms with Crippen molar-refractivity contribution in [1.29, 1.82) is 0 Å². The molecule has 0 fully saturated rings. The molecule has 6 heteroatoms. The first-order valence-corrected chi connectivity index (χ1v) is 5.09. The number of rotatable bonds is 5. The van der Waals surface area contributed by atoms with E-state index in [9.17, 15) is 4.79 Å². The summed E-state index contributed by atoms with van der Waals surface area (Å²) < 4.78 is 10.9. The van der Waals surface area contributed by atoms with Crippen LogP contribution in [-0.2, 0) is 4.74 Å². The first-order valence-electron chi connectivity index (χ1n) is 4.29. The molecule has 0 saturated carbocycles. The van der Waals surface area contributed by atoms with Gasteiger partial charge in [0.1, 0.15) is 12.4 Å². The predicted octanol–water partition coefficient (Wildman–Crippen LogP) is 1.79. The van der Waals surface area contributed by atoms with Gasteiger partial charge >= 0.3 is 5.97 Å². The average molecular weight is 314 g/mol. The van der Waals surface area contributed by atoms with Crippen LogP contribution in [0.3, 0.4) is 0 Å². The second kappa shape index (κ2) is 8.63. The molecule has 0 unspecified atom stereocenters. The van der Waals surface area contributed by atoms with Gasteiger partial charge in [-0.25, -0.2) is 4.79 Å². The minimum atomic E-state index is -0.973. The summed E-state index contributed by atoms with van der Waals surface area (Å²) >= 11 is 3.27. The molecule has 16 heavy (non-hydrogen) atoms. The quantitative estimate of drug-likeness (QED) is 0.665. The Balaban J connectivity index is 0.00000225. The Bertz CT molecular complexity index is 357. The summed E-state index contributed by atoms with van der Waals surface area (Å²) in [5.41, 5.74) is 0.200. The van der Waals surface area contributed by atoms with Crippen molar-refractivity contribution in [2.75, 3.05) is 20.3 Å². The molecule has 1 aromatic carbocycles. The molecule has 83 valence electrons. The maximum atomic E-state index is 10.7. The van der Waals surface area contributed by atoms with Crippen molar-refractivity contribution in [3.8, 4) is 5.75 Å². The van der Waals surface area contributed by atoms with Crippen molar-refractivity contribution in [2.45, 2.75) is 0 Å². The van der Waals surface area contributed by atoms with Crippen molar-refractivity contribution in [3.05, 3.63) is 28.2 Å². The molecule has 1 rings (SSSR count). The van der Waals surface area contributed by atoms with Crippen LogP contribution in [0.5, 0.6) is 5.75 Å². The van der Waals surface area contributed by atoms with E-state index in [-0.39, 0.29) is 56.9 Å². The fraction of sp³-hybridized carbons (Fsp3) is 0.300. The van der Waals surface area contributed by atoms with Gasteiger partial charge in [0.2, 0.25) is 0 Å². The number of halogens is 1. The van der Waals surface area contributed by atoms with Gasteiger partial charge in [-0.1, -0.05) is 0 Å². The number of carboxylic acid groups (broad SMARTS) is 1. The van der Waals surface area contributed by atoms with E-state index in [4.69, 9.17) is 14.6 Å². The zero-order valence-electron chi connectivity index (χ0n) is 9.20. The molecule has 1 aromatic rings. The summed E-state index contributed by atoms with van der Waals surface area (Å²) in [6.45, 7) is 0.849. The van der Waals surface area contributed by atoms with Crippen molar-refractivity contribution in [1.82, 2.24) is 0 Å². The SMILES string of the molecule is COCCOc1cc(C(=O)O)ccc1Br.[K]. The molecular weight excluding hydrogens is 303 g/mol. The molecule has 0 saturated heterocycles. The molecule has 1 N–H and O–H groups in total. The molecule has 0 aliphatic carbocycles. The van der Waals surface area contributed by atoms with E-state index < -0.39 is 5.97 Å². The molecule has 4 nitrogen and oxygen atoms in total. The van der Waals surface area contributed by atoms with Gasteiger partial charge in [-0.3, -0.25) is 0 Å². The number of hydrogen-bond donors (Lipinski definition) is 1. The number of hydrogen-bond acceptors (Lipinski definition) is 3. The normalized spacial score (nSPS) is 9.38. The van der Waals surface area contributed by atoms with Gasteiger partial charge in [-0.05, 0) is 34.1 Å². The van der Waals surface area contributed by atoms with E-state index in [2.05, 4.69) is 15.9 Å². The average Bonchev–Trinajstić information content (AvgIpc) is 2.20. The molecule has 0 heterocycles. The largest absolute Gasteiger partial charge is 0.490 e. The van der Waals surface area contributed by atoms with Crippen molar-refractivity contribution in [2.24, 2.45) is 0 Å². The maximum Gasteiger partial charge on any atom is 0.335 e. The van der Waals surface area contributed by atoms with Crippen LogP contribution in [0.25, 0.3) is 0 Å². The minimum absolute atomic E-state index is 0. The monoisotopic (exact) mass is 313 g/mol. The maximum absolute atomic E-state index is 10.7. The first-order chi connectivity index (χ1) is 7.15. The van der Waals surface area contributed by atoms with Gasteiger partial charge in [0.05, 0.1) is 16.6 Å². The van der Waals surface area contributed by atoms with Gasteiger partial charge in [-0.15, -0.1) is 0 Å². The number of ether oxygens (including phenoxy) is 2. The topological polar surface area (TPSA) is 55.8 Å². The number of aromatic carboxylic acids is 1. The fourth-order valence-corrected chi connectivity index (χ4v) is 1.34. The van der Waals surface area contributed by atoms with E-state index in [0.717, 1.165) is 4.47 Å². The molecule has 0 amide bonds. The predicted molar refractivity (Wildman–Crippen MR) is 64.2 cm³/mol. The van der Waals surface area contributed by atoms with Crippen LogP contribution in [0.15, 0.2) is 22.7 Å². The third kappa shape index (κ3) is 5.26. The number of carboxylic acids is 1. The van der Waals surface area contributed by atoms with E-state index in [0.29, 0.717) is 19.0 Å². The standard InChI is InChI=1S/C10H11BrO4.K/c1-14-4-5-15-9-6-7(10(12)13)2-3-8(9)11;/h2-3,6H,4-5H2,1H3,(H,12,13);. The molecule has 0 aromatic heterocycles. The van der Waals surface area contributed by atoms with E-state index in [1.165, 1.54) is 12.1 Å². The van der Waals surface area contributed by atoms with Crippen LogP contribution in [-0.4, -0.2) is 82.8 Å². The van der Waals surface area contributed by atoms with Crippen LogP contribution in [0, 0.1) is 0 Å². The van der Waals surface area contributed by atoms with Gasteiger partial charge in [0, 0.05) is 58.5 Å². The van der Waals surface area contributed by atoms with E-state index in [1.54, 1.807) is 13.2 Å². The fourth-order valence-electron chi connectivity index (χ4n) is 0.982. The Morgan fingerprint density at radius 3 is 2.69 bits per heavy atom. The second-order valence-electron chi connectivity index (χ2n) is 2.79. The Hall–Kier alpha value is 0.566. The summed E-state index contributed by atoms with van der Waals surface area (Å²) in [6, 6.07) is 4.63. The Morgan fingerprint density at radius 2 is 2.12 bits per heavy atom. The number of benzene rings is 1. The summed E-state index contributed by atoms with van der Waals surface area (Å²) in [4.78, 5) is 10.7. The third-order valence-electron chi connectivity index (χ3n) is 1.72. The third-order valence-corrected chi connectivity index (χ3v) is 2.38. The van der Waals surface area contributed by atoms with Gasteiger partial charge < -0.3 is 14.6 Å². The van der Waals surface area contributed by atoms with Crippen LogP contribution in [0.4, 0.5) is 0 Å². The Labute approximate surface area is 145 Å². The van der Waals surface area contributed by atoms with Gasteiger partial charge in [-0.2, -0.15) is 0 Å². The zero-order valence-corrected chi connectivity index (χ0v) is 13.9. The van der Waals surface area contributed by atoms with Crippen molar-refractivity contribution < 1.29 is 19.4 Å².